The lowest BCUT2D eigenvalue weighted by atomic mass is 10.2. The molecule has 0 heterocycles. The molecule has 0 aliphatic rings. The second-order valence-electron chi connectivity index (χ2n) is 6.50. The van der Waals surface area contributed by atoms with Gasteiger partial charge in [-0.2, -0.15) is 47.0 Å². The molecule has 0 unspecified atom stereocenters. The summed E-state index contributed by atoms with van der Waals surface area (Å²) in [6.45, 7) is 0. The van der Waals surface area contributed by atoms with Gasteiger partial charge in [0, 0.05) is 34.5 Å². The van der Waals surface area contributed by atoms with E-state index in [0.717, 1.165) is 35.9 Å². The Bertz CT molecular complexity index is 541. The Hall–Kier alpha value is -0.200. The largest absolute Gasteiger partial charge is 0.391 e. The Morgan fingerprint density at radius 3 is 1.36 bits per heavy atom. The predicted molar refractivity (Wildman–Crippen MR) is 136 cm³/mol. The Balaban J connectivity index is 1.33. The van der Waals surface area contributed by atoms with E-state index in [4.69, 9.17) is 0 Å². The van der Waals surface area contributed by atoms with Crippen LogP contribution >= 0.6 is 47.0 Å². The van der Waals surface area contributed by atoms with Gasteiger partial charge in [0.25, 0.3) is 0 Å². The van der Waals surface area contributed by atoms with Crippen LogP contribution in [0.5, 0.6) is 0 Å². The molecule has 0 saturated carbocycles. The predicted octanol–water partition coefficient (Wildman–Crippen LogP) is 5.77. The SMILES string of the molecule is OC(CSCCSCCc1ccccc1)CSCCSCCc1ccccc1. The van der Waals surface area contributed by atoms with Crippen LogP contribution in [0.4, 0.5) is 0 Å². The van der Waals surface area contributed by atoms with Gasteiger partial charge in [-0.1, -0.05) is 60.7 Å². The van der Waals surface area contributed by atoms with Gasteiger partial charge in [-0.25, -0.2) is 0 Å². The molecular weight excluding hydrogens is 421 g/mol. The fraction of sp³-hybridized carbons (Fsp3) is 0.478. The van der Waals surface area contributed by atoms with Crippen LogP contribution in [0.1, 0.15) is 11.1 Å². The Labute approximate surface area is 188 Å². The topological polar surface area (TPSA) is 20.2 Å². The number of hydrogen-bond donors (Lipinski definition) is 1. The van der Waals surface area contributed by atoms with E-state index in [2.05, 4.69) is 60.7 Å². The summed E-state index contributed by atoms with van der Waals surface area (Å²) < 4.78 is 0. The van der Waals surface area contributed by atoms with E-state index in [1.807, 2.05) is 47.0 Å². The van der Waals surface area contributed by atoms with E-state index in [-0.39, 0.29) is 6.10 Å². The summed E-state index contributed by atoms with van der Waals surface area (Å²) in [6, 6.07) is 21.4. The van der Waals surface area contributed by atoms with Crippen LogP contribution in [0, 0.1) is 0 Å². The highest BCUT2D eigenvalue weighted by molar-refractivity contribution is 8.03. The third kappa shape index (κ3) is 12.4. The van der Waals surface area contributed by atoms with Crippen LogP contribution in [0.3, 0.4) is 0 Å². The summed E-state index contributed by atoms with van der Waals surface area (Å²) in [5.74, 6) is 8.73. The molecule has 2 rings (SSSR count). The van der Waals surface area contributed by atoms with Gasteiger partial charge < -0.3 is 5.11 Å². The van der Waals surface area contributed by atoms with Gasteiger partial charge in [0.2, 0.25) is 0 Å². The third-order valence-corrected chi connectivity index (χ3v) is 8.83. The maximum atomic E-state index is 10.1. The average molecular weight is 453 g/mol. The summed E-state index contributed by atoms with van der Waals surface area (Å²) >= 11 is 7.81. The number of aryl methyl sites for hydroxylation is 2. The van der Waals surface area contributed by atoms with Crippen molar-refractivity contribution in [2.24, 2.45) is 0 Å². The summed E-state index contributed by atoms with van der Waals surface area (Å²) in [7, 11) is 0. The summed E-state index contributed by atoms with van der Waals surface area (Å²) in [5, 5.41) is 10.1. The zero-order valence-electron chi connectivity index (χ0n) is 16.5. The fourth-order valence-electron chi connectivity index (χ4n) is 2.60. The number of aliphatic hydroxyl groups is 1. The second-order valence-corrected chi connectivity index (χ2v) is 11.2. The van der Waals surface area contributed by atoms with Gasteiger partial charge in [0.15, 0.2) is 0 Å². The minimum absolute atomic E-state index is 0.168. The molecule has 0 saturated heterocycles. The van der Waals surface area contributed by atoms with Crippen LogP contribution in [0.15, 0.2) is 60.7 Å². The van der Waals surface area contributed by atoms with Crippen LogP contribution < -0.4 is 0 Å². The molecule has 0 fully saturated rings. The Morgan fingerprint density at radius 2 is 0.929 bits per heavy atom. The highest BCUT2D eigenvalue weighted by Crippen LogP contribution is 2.14. The van der Waals surface area contributed by atoms with Crippen molar-refractivity contribution in [3.63, 3.8) is 0 Å². The molecule has 2 aromatic rings. The molecule has 0 radical (unpaired) electrons. The monoisotopic (exact) mass is 452 g/mol. The molecule has 1 N–H and O–H groups in total. The molecule has 0 aliphatic carbocycles. The standard InChI is InChI=1S/C23H32OS4/c24-23(19-27-17-15-25-13-11-21-7-3-1-4-8-21)20-28-18-16-26-14-12-22-9-5-2-6-10-22/h1-10,23-24H,11-20H2. The smallest absolute Gasteiger partial charge is 0.0720 e. The molecule has 0 aromatic heterocycles. The van der Waals surface area contributed by atoms with Crippen molar-refractivity contribution < 1.29 is 5.11 Å². The maximum Gasteiger partial charge on any atom is 0.0720 e. The summed E-state index contributed by atoms with van der Waals surface area (Å²) in [5.41, 5.74) is 2.85. The van der Waals surface area contributed by atoms with E-state index in [9.17, 15) is 5.11 Å². The van der Waals surface area contributed by atoms with Crippen LogP contribution in [-0.2, 0) is 12.8 Å². The molecule has 0 spiro atoms. The van der Waals surface area contributed by atoms with Gasteiger partial charge in [0.1, 0.15) is 0 Å². The van der Waals surface area contributed by atoms with Crippen molar-refractivity contribution in [2.75, 3.05) is 46.0 Å². The van der Waals surface area contributed by atoms with Crippen molar-refractivity contribution in [1.82, 2.24) is 0 Å². The molecule has 0 bridgehead atoms. The minimum Gasteiger partial charge on any atom is -0.391 e. The summed E-state index contributed by atoms with van der Waals surface area (Å²) in [6.07, 6.45) is 2.14. The molecule has 0 aliphatic heterocycles. The Morgan fingerprint density at radius 1 is 0.536 bits per heavy atom. The highest BCUT2D eigenvalue weighted by Gasteiger charge is 2.04. The van der Waals surface area contributed by atoms with Gasteiger partial charge in [-0.05, 0) is 35.5 Å². The van der Waals surface area contributed by atoms with E-state index in [1.165, 1.54) is 34.1 Å². The van der Waals surface area contributed by atoms with Crippen molar-refractivity contribution in [3.8, 4) is 0 Å². The van der Waals surface area contributed by atoms with E-state index < -0.39 is 0 Å². The third-order valence-electron chi connectivity index (χ3n) is 4.12. The number of benzene rings is 2. The molecule has 0 amide bonds. The van der Waals surface area contributed by atoms with E-state index >= 15 is 0 Å². The second kappa shape index (κ2) is 16.6. The van der Waals surface area contributed by atoms with Gasteiger partial charge in [-0.3, -0.25) is 0 Å². The molecule has 0 atom stereocenters. The number of aliphatic hydroxyl groups excluding tert-OH is 1. The van der Waals surface area contributed by atoms with Crippen LogP contribution in [0.2, 0.25) is 0 Å². The molecule has 28 heavy (non-hydrogen) atoms. The normalized spacial score (nSPS) is 11.2. The lowest BCUT2D eigenvalue weighted by Crippen LogP contribution is -2.14. The maximum absolute atomic E-state index is 10.1. The lowest BCUT2D eigenvalue weighted by Gasteiger charge is -2.10. The quantitative estimate of drug-likeness (QED) is 0.325. The van der Waals surface area contributed by atoms with Crippen LogP contribution in [-0.4, -0.2) is 57.2 Å². The van der Waals surface area contributed by atoms with Crippen LogP contribution in [0.25, 0.3) is 0 Å². The van der Waals surface area contributed by atoms with E-state index in [1.54, 1.807) is 0 Å². The van der Waals surface area contributed by atoms with Crippen molar-refractivity contribution >= 4 is 47.0 Å². The van der Waals surface area contributed by atoms with Gasteiger partial charge >= 0.3 is 0 Å². The summed E-state index contributed by atoms with van der Waals surface area (Å²) in [4.78, 5) is 0. The Kier molecular flexibility index (Phi) is 14.3. The number of hydrogen-bond acceptors (Lipinski definition) is 5. The zero-order valence-corrected chi connectivity index (χ0v) is 19.8. The highest BCUT2D eigenvalue weighted by atomic mass is 32.2. The molecule has 2 aromatic carbocycles. The van der Waals surface area contributed by atoms with E-state index in [0.29, 0.717) is 0 Å². The first kappa shape index (κ1) is 24.1. The average Bonchev–Trinajstić information content (AvgIpc) is 2.74. The molecule has 1 nitrogen and oxygen atoms in total. The number of thioether (sulfide) groups is 4. The molecule has 5 heteroatoms. The first-order valence-corrected chi connectivity index (χ1v) is 14.5. The van der Waals surface area contributed by atoms with Crippen molar-refractivity contribution in [1.29, 1.82) is 0 Å². The fourth-order valence-corrected chi connectivity index (χ4v) is 6.91. The van der Waals surface area contributed by atoms with Gasteiger partial charge in [0.05, 0.1) is 6.10 Å². The first-order valence-electron chi connectivity index (χ1n) is 9.91. The van der Waals surface area contributed by atoms with Crippen molar-refractivity contribution in [3.05, 3.63) is 71.8 Å². The minimum atomic E-state index is -0.168. The first-order chi connectivity index (χ1) is 13.8. The molecule has 154 valence electrons. The van der Waals surface area contributed by atoms with Crippen molar-refractivity contribution in [2.45, 2.75) is 18.9 Å². The number of rotatable bonds is 16. The lowest BCUT2D eigenvalue weighted by molar-refractivity contribution is 0.225. The molecular formula is C23H32OS4. The van der Waals surface area contributed by atoms with Gasteiger partial charge in [-0.15, -0.1) is 0 Å². The zero-order chi connectivity index (χ0) is 19.7.